The van der Waals surface area contributed by atoms with E-state index in [1.54, 1.807) is 17.1 Å². The third kappa shape index (κ3) is 4.54. The summed E-state index contributed by atoms with van der Waals surface area (Å²) >= 11 is 3.51. The van der Waals surface area contributed by atoms with E-state index in [1.807, 2.05) is 49.6 Å². The summed E-state index contributed by atoms with van der Waals surface area (Å²) < 4.78 is 2.78. The van der Waals surface area contributed by atoms with Crippen molar-refractivity contribution in [3.8, 4) is 11.3 Å². The molecule has 3 rings (SSSR count). The van der Waals surface area contributed by atoms with Gasteiger partial charge in [0.2, 0.25) is 5.91 Å². The maximum Gasteiger partial charge on any atom is 0.220 e. The van der Waals surface area contributed by atoms with Crippen molar-refractivity contribution < 1.29 is 4.79 Å². The Morgan fingerprint density at radius 2 is 2.00 bits per heavy atom. The summed E-state index contributed by atoms with van der Waals surface area (Å²) in [5.74, 6) is 0.0248. The topological polar surface area (TPSA) is 59.8 Å². The predicted octanol–water partition coefficient (Wildman–Crippen LogP) is 3.49. The molecular weight excluding hydrogens is 380 g/mol. The molecule has 0 unspecified atom stereocenters. The van der Waals surface area contributed by atoms with Gasteiger partial charge in [-0.2, -0.15) is 5.10 Å². The molecule has 25 heavy (non-hydrogen) atoms. The Morgan fingerprint density at radius 3 is 2.76 bits per heavy atom. The summed E-state index contributed by atoms with van der Waals surface area (Å²) in [6.45, 7) is 0.451. The molecule has 3 aromatic rings. The lowest BCUT2D eigenvalue weighted by atomic mass is 10.1. The van der Waals surface area contributed by atoms with Crippen LogP contribution in [-0.4, -0.2) is 20.7 Å². The zero-order valence-electron chi connectivity index (χ0n) is 13.9. The number of carbonyl (C=O) groups excluding carboxylic acids is 1. The molecule has 0 bridgehead atoms. The van der Waals surface area contributed by atoms with Crippen LogP contribution < -0.4 is 5.32 Å². The molecule has 128 valence electrons. The van der Waals surface area contributed by atoms with Crippen LogP contribution in [0.5, 0.6) is 0 Å². The molecule has 0 aliphatic carbocycles. The number of hydrogen-bond acceptors (Lipinski definition) is 3. The molecule has 1 amide bonds. The van der Waals surface area contributed by atoms with Gasteiger partial charge in [0.1, 0.15) is 0 Å². The Labute approximate surface area is 155 Å². The number of amides is 1. The second kappa shape index (κ2) is 8.07. The summed E-state index contributed by atoms with van der Waals surface area (Å²) in [6.07, 6.45) is 6.60. The smallest absolute Gasteiger partial charge is 0.220 e. The van der Waals surface area contributed by atoms with Crippen molar-refractivity contribution in [3.05, 3.63) is 70.6 Å². The molecule has 0 spiro atoms. The van der Waals surface area contributed by atoms with Gasteiger partial charge in [0.25, 0.3) is 0 Å². The highest BCUT2D eigenvalue weighted by Gasteiger charge is 2.10. The number of benzene rings is 1. The molecule has 0 atom stereocenters. The molecule has 0 aliphatic heterocycles. The van der Waals surface area contributed by atoms with Crippen molar-refractivity contribution in [1.82, 2.24) is 20.1 Å². The van der Waals surface area contributed by atoms with E-state index in [0.29, 0.717) is 19.4 Å². The van der Waals surface area contributed by atoms with Gasteiger partial charge in [-0.25, -0.2) is 0 Å². The van der Waals surface area contributed by atoms with Crippen LogP contribution in [0.4, 0.5) is 0 Å². The van der Waals surface area contributed by atoms with Crippen molar-refractivity contribution >= 4 is 21.8 Å². The number of pyridine rings is 1. The fourth-order valence-electron chi connectivity index (χ4n) is 2.62. The zero-order chi connectivity index (χ0) is 17.6. The monoisotopic (exact) mass is 398 g/mol. The largest absolute Gasteiger partial charge is 0.352 e. The van der Waals surface area contributed by atoms with E-state index in [9.17, 15) is 4.79 Å². The number of carbonyl (C=O) groups is 1. The van der Waals surface area contributed by atoms with Crippen LogP contribution in [0.3, 0.4) is 0 Å². The van der Waals surface area contributed by atoms with Crippen LogP contribution in [0, 0.1) is 0 Å². The van der Waals surface area contributed by atoms with Gasteiger partial charge in [0.15, 0.2) is 0 Å². The average Bonchev–Trinajstić information content (AvgIpc) is 3.06. The summed E-state index contributed by atoms with van der Waals surface area (Å²) in [4.78, 5) is 16.6. The highest BCUT2D eigenvalue weighted by Crippen LogP contribution is 2.20. The summed E-state index contributed by atoms with van der Waals surface area (Å²) in [5.41, 5.74) is 3.90. The first-order valence-corrected chi connectivity index (χ1v) is 8.86. The molecule has 1 aromatic carbocycles. The van der Waals surface area contributed by atoms with E-state index in [-0.39, 0.29) is 5.91 Å². The number of aryl methyl sites for hydroxylation is 2. The molecule has 0 fully saturated rings. The highest BCUT2D eigenvalue weighted by atomic mass is 79.9. The fraction of sp³-hybridized carbons (Fsp3) is 0.211. The third-order valence-electron chi connectivity index (χ3n) is 3.92. The van der Waals surface area contributed by atoms with E-state index in [1.165, 1.54) is 0 Å². The Morgan fingerprint density at radius 1 is 1.20 bits per heavy atom. The fourth-order valence-corrected chi connectivity index (χ4v) is 3.10. The van der Waals surface area contributed by atoms with Crippen LogP contribution in [0.15, 0.2) is 59.5 Å². The first kappa shape index (κ1) is 17.4. The Balaban J connectivity index is 1.60. The molecule has 0 radical (unpaired) electrons. The van der Waals surface area contributed by atoms with E-state index < -0.39 is 0 Å². The van der Waals surface area contributed by atoms with Gasteiger partial charge < -0.3 is 5.32 Å². The van der Waals surface area contributed by atoms with Crippen molar-refractivity contribution in [2.45, 2.75) is 19.4 Å². The number of hydrogen-bond donors (Lipinski definition) is 1. The van der Waals surface area contributed by atoms with Crippen LogP contribution in [0.25, 0.3) is 11.3 Å². The number of aromatic nitrogens is 3. The van der Waals surface area contributed by atoms with Gasteiger partial charge in [0, 0.05) is 42.4 Å². The predicted molar refractivity (Wildman–Crippen MR) is 101 cm³/mol. The van der Waals surface area contributed by atoms with Crippen LogP contribution in [0.2, 0.25) is 0 Å². The zero-order valence-corrected chi connectivity index (χ0v) is 15.5. The van der Waals surface area contributed by atoms with Crippen molar-refractivity contribution in [2.24, 2.45) is 7.05 Å². The van der Waals surface area contributed by atoms with Crippen LogP contribution >= 0.6 is 15.9 Å². The molecule has 5 nitrogen and oxygen atoms in total. The third-order valence-corrected chi connectivity index (χ3v) is 4.70. The molecule has 0 saturated carbocycles. The van der Waals surface area contributed by atoms with Gasteiger partial charge in [-0.3, -0.25) is 14.5 Å². The summed E-state index contributed by atoms with van der Waals surface area (Å²) in [6, 6.07) is 11.8. The minimum Gasteiger partial charge on any atom is -0.352 e. The minimum atomic E-state index is 0.0248. The summed E-state index contributed by atoms with van der Waals surface area (Å²) in [5, 5.41) is 7.17. The molecule has 0 aliphatic rings. The lowest BCUT2D eigenvalue weighted by molar-refractivity contribution is -0.121. The molecular formula is C19H19BrN4O. The molecule has 2 heterocycles. The summed E-state index contributed by atoms with van der Waals surface area (Å²) in [7, 11) is 1.87. The normalized spacial score (nSPS) is 10.6. The standard InChI is InChI=1S/C19H19BrN4O/c1-24-13-16(12-23-24)19-15(6-4-10-21-19)11-22-18(25)9-8-14-5-2-3-7-17(14)20/h2-7,10,12-13H,8-9,11H2,1H3,(H,22,25). The van der Waals surface area contributed by atoms with E-state index in [0.717, 1.165) is 26.9 Å². The van der Waals surface area contributed by atoms with Crippen LogP contribution in [-0.2, 0) is 24.8 Å². The number of rotatable bonds is 6. The number of halogens is 1. The van der Waals surface area contributed by atoms with Gasteiger partial charge in [-0.1, -0.05) is 40.2 Å². The second-order valence-electron chi connectivity index (χ2n) is 5.78. The van der Waals surface area contributed by atoms with Crippen LogP contribution in [0.1, 0.15) is 17.5 Å². The molecule has 0 saturated heterocycles. The Kier molecular flexibility index (Phi) is 5.60. The SMILES string of the molecule is Cn1cc(-c2ncccc2CNC(=O)CCc2ccccc2Br)cn1. The maximum absolute atomic E-state index is 12.2. The van der Waals surface area contributed by atoms with E-state index in [2.05, 4.69) is 31.3 Å². The lowest BCUT2D eigenvalue weighted by Gasteiger charge is -2.09. The van der Waals surface area contributed by atoms with Crippen molar-refractivity contribution in [2.75, 3.05) is 0 Å². The van der Waals surface area contributed by atoms with Crippen molar-refractivity contribution in [1.29, 1.82) is 0 Å². The molecule has 2 aromatic heterocycles. The van der Waals surface area contributed by atoms with Gasteiger partial charge in [0.05, 0.1) is 11.9 Å². The van der Waals surface area contributed by atoms with E-state index >= 15 is 0 Å². The minimum absolute atomic E-state index is 0.0248. The van der Waals surface area contributed by atoms with Gasteiger partial charge in [-0.05, 0) is 29.7 Å². The Hall–Kier alpha value is -2.47. The first-order valence-electron chi connectivity index (χ1n) is 8.06. The highest BCUT2D eigenvalue weighted by molar-refractivity contribution is 9.10. The second-order valence-corrected chi connectivity index (χ2v) is 6.64. The number of nitrogens with one attached hydrogen (secondary N) is 1. The lowest BCUT2D eigenvalue weighted by Crippen LogP contribution is -2.23. The first-order chi connectivity index (χ1) is 12.1. The average molecular weight is 399 g/mol. The quantitative estimate of drug-likeness (QED) is 0.690. The molecule has 1 N–H and O–H groups in total. The maximum atomic E-state index is 12.2. The Bertz CT molecular complexity index is 875. The van der Waals surface area contributed by atoms with E-state index in [4.69, 9.17) is 0 Å². The van der Waals surface area contributed by atoms with Gasteiger partial charge >= 0.3 is 0 Å². The number of nitrogens with zero attached hydrogens (tertiary/aromatic N) is 3. The molecule has 6 heteroatoms. The van der Waals surface area contributed by atoms with Gasteiger partial charge in [-0.15, -0.1) is 0 Å². The van der Waals surface area contributed by atoms with Crippen molar-refractivity contribution in [3.63, 3.8) is 0 Å².